The van der Waals surface area contributed by atoms with Gasteiger partial charge in [-0.25, -0.2) is 9.59 Å². The largest absolute Gasteiger partial charge is 0.467 e. The number of rotatable bonds is 6. The Balaban J connectivity index is 1.98. The van der Waals surface area contributed by atoms with Crippen molar-refractivity contribution < 1.29 is 19.1 Å². The van der Waals surface area contributed by atoms with Crippen molar-refractivity contribution in [2.24, 2.45) is 0 Å². The molecule has 2 rings (SSSR count). The molecule has 0 spiro atoms. The molecular formula is C18H21N3O4. The third kappa shape index (κ3) is 5.42. The standard InChI is InChI=1S/C18H21N3O4/c1-24-17(22)16(10-13-7-8-14(19)15(20)9-13)21-18(23)25-11-12-5-3-2-4-6-12/h2-9,16H,10-11,19-20H2,1H3,(H,21,23). The van der Waals surface area contributed by atoms with Crippen molar-refractivity contribution >= 4 is 23.4 Å². The van der Waals surface area contributed by atoms with E-state index in [4.69, 9.17) is 20.9 Å². The van der Waals surface area contributed by atoms with Crippen LogP contribution in [0, 0.1) is 0 Å². The van der Waals surface area contributed by atoms with Crippen molar-refractivity contribution in [1.82, 2.24) is 5.32 Å². The van der Waals surface area contributed by atoms with Gasteiger partial charge >= 0.3 is 12.1 Å². The van der Waals surface area contributed by atoms with Crippen molar-refractivity contribution in [3.63, 3.8) is 0 Å². The first-order valence-corrected chi connectivity index (χ1v) is 7.68. The van der Waals surface area contributed by atoms with Crippen LogP contribution in [0.4, 0.5) is 16.2 Å². The molecule has 5 N–H and O–H groups in total. The summed E-state index contributed by atoms with van der Waals surface area (Å²) in [5, 5.41) is 2.51. The second-order valence-electron chi connectivity index (χ2n) is 5.45. The lowest BCUT2D eigenvalue weighted by Crippen LogP contribution is -2.43. The summed E-state index contributed by atoms with van der Waals surface area (Å²) < 4.78 is 9.87. The number of nitrogens with one attached hydrogen (secondary N) is 1. The molecule has 1 unspecified atom stereocenters. The number of anilines is 2. The monoisotopic (exact) mass is 343 g/mol. The van der Waals surface area contributed by atoms with Gasteiger partial charge in [-0.2, -0.15) is 0 Å². The molecule has 0 saturated carbocycles. The van der Waals surface area contributed by atoms with Gasteiger partial charge in [0.15, 0.2) is 0 Å². The van der Waals surface area contributed by atoms with Crippen LogP contribution in [0.25, 0.3) is 0 Å². The van der Waals surface area contributed by atoms with E-state index in [1.54, 1.807) is 18.2 Å². The number of nitrogen functional groups attached to an aromatic ring is 2. The van der Waals surface area contributed by atoms with Crippen LogP contribution in [-0.4, -0.2) is 25.2 Å². The lowest BCUT2D eigenvalue weighted by Gasteiger charge is -2.17. The number of ether oxygens (including phenoxy) is 2. The molecule has 0 fully saturated rings. The predicted octanol–water partition coefficient (Wildman–Crippen LogP) is 1.86. The van der Waals surface area contributed by atoms with E-state index in [1.165, 1.54) is 7.11 Å². The summed E-state index contributed by atoms with van der Waals surface area (Å²) >= 11 is 0. The number of benzene rings is 2. The Labute approximate surface area is 145 Å². The molecule has 0 aliphatic rings. The molecule has 1 atom stereocenters. The number of amides is 1. The minimum absolute atomic E-state index is 0.107. The van der Waals surface area contributed by atoms with Crippen LogP contribution in [-0.2, 0) is 27.3 Å². The number of methoxy groups -OCH3 is 1. The van der Waals surface area contributed by atoms with E-state index < -0.39 is 18.1 Å². The molecule has 1 amide bonds. The average Bonchev–Trinajstić information content (AvgIpc) is 2.62. The summed E-state index contributed by atoms with van der Waals surface area (Å²) in [5.74, 6) is -0.577. The Hall–Kier alpha value is -3.22. The maximum absolute atomic E-state index is 12.0. The Morgan fingerprint density at radius 2 is 1.76 bits per heavy atom. The Bertz CT molecular complexity index is 734. The number of hydrogen-bond acceptors (Lipinski definition) is 6. The number of hydrogen-bond donors (Lipinski definition) is 3. The topological polar surface area (TPSA) is 117 Å². The maximum atomic E-state index is 12.0. The number of carbonyl (C=O) groups is 2. The van der Waals surface area contributed by atoms with Crippen molar-refractivity contribution in [3.05, 3.63) is 59.7 Å². The Kier molecular flexibility index (Phi) is 6.22. The highest BCUT2D eigenvalue weighted by Crippen LogP contribution is 2.17. The van der Waals surface area contributed by atoms with Gasteiger partial charge in [-0.05, 0) is 23.3 Å². The highest BCUT2D eigenvalue weighted by molar-refractivity contribution is 5.81. The SMILES string of the molecule is COC(=O)C(Cc1ccc(N)c(N)c1)NC(=O)OCc1ccccc1. The van der Waals surface area contributed by atoms with E-state index in [0.29, 0.717) is 11.4 Å². The Morgan fingerprint density at radius 1 is 1.04 bits per heavy atom. The summed E-state index contributed by atoms with van der Waals surface area (Å²) in [6.45, 7) is 0.107. The number of carbonyl (C=O) groups excluding carboxylic acids is 2. The molecule has 0 bridgehead atoms. The van der Waals surface area contributed by atoms with Crippen LogP contribution in [0.1, 0.15) is 11.1 Å². The molecule has 0 heterocycles. The van der Waals surface area contributed by atoms with E-state index in [1.807, 2.05) is 30.3 Å². The predicted molar refractivity (Wildman–Crippen MR) is 94.5 cm³/mol. The number of alkyl carbamates (subject to hydrolysis) is 1. The van der Waals surface area contributed by atoms with Gasteiger partial charge in [-0.15, -0.1) is 0 Å². The highest BCUT2D eigenvalue weighted by Gasteiger charge is 2.23. The first kappa shape index (κ1) is 18.1. The zero-order chi connectivity index (χ0) is 18.2. The van der Waals surface area contributed by atoms with Gasteiger partial charge in [0, 0.05) is 6.42 Å². The molecule has 7 heteroatoms. The highest BCUT2D eigenvalue weighted by atomic mass is 16.6. The van der Waals surface area contributed by atoms with Crippen molar-refractivity contribution in [1.29, 1.82) is 0 Å². The van der Waals surface area contributed by atoms with Gasteiger partial charge < -0.3 is 26.3 Å². The quantitative estimate of drug-likeness (QED) is 0.544. The smallest absolute Gasteiger partial charge is 0.408 e. The van der Waals surface area contributed by atoms with E-state index in [-0.39, 0.29) is 13.0 Å². The maximum Gasteiger partial charge on any atom is 0.408 e. The fourth-order valence-corrected chi connectivity index (χ4v) is 2.23. The van der Waals surface area contributed by atoms with Gasteiger partial charge in [-0.3, -0.25) is 0 Å². The van der Waals surface area contributed by atoms with Crippen LogP contribution >= 0.6 is 0 Å². The van der Waals surface area contributed by atoms with Gasteiger partial charge in [-0.1, -0.05) is 36.4 Å². The van der Waals surface area contributed by atoms with Gasteiger partial charge in [0.2, 0.25) is 0 Å². The number of esters is 1. The minimum Gasteiger partial charge on any atom is -0.467 e. The molecule has 0 aromatic heterocycles. The molecule has 2 aromatic rings. The lowest BCUT2D eigenvalue weighted by atomic mass is 10.0. The normalized spacial score (nSPS) is 11.4. The summed E-state index contributed by atoms with van der Waals surface area (Å²) in [5.41, 5.74) is 13.9. The molecule has 132 valence electrons. The molecule has 0 saturated heterocycles. The van der Waals surface area contributed by atoms with Crippen molar-refractivity contribution in [2.45, 2.75) is 19.1 Å². The van der Waals surface area contributed by atoms with Gasteiger partial charge in [0.25, 0.3) is 0 Å². The Morgan fingerprint density at radius 3 is 2.40 bits per heavy atom. The van der Waals surface area contributed by atoms with Crippen molar-refractivity contribution in [2.75, 3.05) is 18.6 Å². The van der Waals surface area contributed by atoms with Crippen LogP contribution < -0.4 is 16.8 Å². The summed E-state index contributed by atoms with van der Waals surface area (Å²) in [4.78, 5) is 23.9. The molecule has 25 heavy (non-hydrogen) atoms. The van der Waals surface area contributed by atoms with E-state index in [0.717, 1.165) is 11.1 Å². The summed E-state index contributed by atoms with van der Waals surface area (Å²) in [7, 11) is 1.25. The molecule has 0 aliphatic heterocycles. The third-order valence-electron chi connectivity index (χ3n) is 3.58. The van der Waals surface area contributed by atoms with Gasteiger partial charge in [0.05, 0.1) is 18.5 Å². The summed E-state index contributed by atoms with van der Waals surface area (Å²) in [6, 6.07) is 13.4. The molecule has 0 radical (unpaired) electrons. The van der Waals surface area contributed by atoms with Crippen LogP contribution in [0.3, 0.4) is 0 Å². The van der Waals surface area contributed by atoms with E-state index in [2.05, 4.69) is 5.32 Å². The molecular weight excluding hydrogens is 322 g/mol. The lowest BCUT2D eigenvalue weighted by molar-refractivity contribution is -0.143. The zero-order valence-electron chi connectivity index (χ0n) is 13.9. The van der Waals surface area contributed by atoms with Crippen LogP contribution in [0.2, 0.25) is 0 Å². The number of nitrogens with two attached hydrogens (primary N) is 2. The third-order valence-corrected chi connectivity index (χ3v) is 3.58. The van der Waals surface area contributed by atoms with Crippen LogP contribution in [0.15, 0.2) is 48.5 Å². The van der Waals surface area contributed by atoms with E-state index >= 15 is 0 Å². The summed E-state index contributed by atoms with van der Waals surface area (Å²) in [6.07, 6.45) is -0.500. The first-order chi connectivity index (χ1) is 12.0. The van der Waals surface area contributed by atoms with E-state index in [9.17, 15) is 9.59 Å². The average molecular weight is 343 g/mol. The second kappa shape index (κ2) is 8.58. The molecule has 7 nitrogen and oxygen atoms in total. The molecule has 0 aliphatic carbocycles. The minimum atomic E-state index is -0.892. The van der Waals surface area contributed by atoms with Crippen LogP contribution in [0.5, 0.6) is 0 Å². The molecule has 2 aromatic carbocycles. The zero-order valence-corrected chi connectivity index (χ0v) is 13.9. The van der Waals surface area contributed by atoms with Gasteiger partial charge in [0.1, 0.15) is 12.6 Å². The fourth-order valence-electron chi connectivity index (χ4n) is 2.23. The first-order valence-electron chi connectivity index (χ1n) is 7.68. The second-order valence-corrected chi connectivity index (χ2v) is 5.45. The van der Waals surface area contributed by atoms with Crippen molar-refractivity contribution in [3.8, 4) is 0 Å². The fraction of sp³-hybridized carbons (Fsp3) is 0.222.